The molecule has 0 radical (unpaired) electrons. The fourth-order valence-electron chi connectivity index (χ4n) is 2.32. The van der Waals surface area contributed by atoms with Crippen molar-refractivity contribution in [1.82, 2.24) is 0 Å². The highest BCUT2D eigenvalue weighted by Gasteiger charge is 2.17. The van der Waals surface area contributed by atoms with Crippen LogP contribution >= 0.6 is 0 Å². The van der Waals surface area contributed by atoms with E-state index < -0.39 is 22.5 Å². The van der Waals surface area contributed by atoms with E-state index in [-0.39, 0.29) is 29.7 Å². The Morgan fingerprint density at radius 3 is 2.62 bits per heavy atom. The zero-order chi connectivity index (χ0) is 19.3. The summed E-state index contributed by atoms with van der Waals surface area (Å²) in [6, 6.07) is 7.13. The lowest BCUT2D eigenvalue weighted by molar-refractivity contribution is -0.682. The quantitative estimate of drug-likeness (QED) is 0.579. The zero-order valence-corrected chi connectivity index (χ0v) is 14.2. The van der Waals surface area contributed by atoms with Crippen LogP contribution in [0.2, 0.25) is 0 Å². The number of benzene rings is 2. The van der Waals surface area contributed by atoms with Crippen LogP contribution in [0.5, 0.6) is 5.75 Å². The maximum absolute atomic E-state index is 13.3. The van der Waals surface area contributed by atoms with E-state index in [4.69, 9.17) is 4.74 Å². The summed E-state index contributed by atoms with van der Waals surface area (Å²) in [7, 11) is 1.38. The summed E-state index contributed by atoms with van der Waals surface area (Å²) in [4.78, 5) is 22.4. The average Bonchev–Trinajstić information content (AvgIpc) is 2.61. The summed E-state index contributed by atoms with van der Waals surface area (Å²) in [5, 5.41) is 15.0. The first kappa shape index (κ1) is 19.3. The van der Waals surface area contributed by atoms with Crippen LogP contribution in [0.3, 0.4) is 0 Å². The molecule has 0 aromatic heterocycles. The molecule has 0 heterocycles. The van der Waals surface area contributed by atoms with Crippen molar-refractivity contribution in [2.45, 2.75) is 13.0 Å². The van der Waals surface area contributed by atoms with E-state index in [1.165, 1.54) is 31.4 Å². The molecule has 7 nitrogen and oxygen atoms in total. The van der Waals surface area contributed by atoms with Crippen LogP contribution in [0.1, 0.15) is 18.5 Å². The SMILES string of the molecule is COc1ccc([N+](=O)[O-])cc1NC(=O)C[NH2+][C@H](C)c1ccc(F)c(F)c1. The second-order valence-corrected chi connectivity index (χ2v) is 5.59. The van der Waals surface area contributed by atoms with Crippen molar-refractivity contribution in [3.8, 4) is 5.75 Å². The van der Waals surface area contributed by atoms with Crippen LogP contribution in [0.25, 0.3) is 0 Å². The number of nitrogens with one attached hydrogen (secondary N) is 1. The number of hydrogen-bond donors (Lipinski definition) is 2. The Morgan fingerprint density at radius 1 is 1.27 bits per heavy atom. The third-order valence-corrected chi connectivity index (χ3v) is 3.79. The van der Waals surface area contributed by atoms with Gasteiger partial charge in [-0.2, -0.15) is 0 Å². The molecular weight excluding hydrogens is 348 g/mol. The molecule has 0 saturated heterocycles. The van der Waals surface area contributed by atoms with E-state index >= 15 is 0 Å². The van der Waals surface area contributed by atoms with E-state index in [9.17, 15) is 23.7 Å². The lowest BCUT2D eigenvalue weighted by Gasteiger charge is -2.13. The molecule has 2 aromatic carbocycles. The van der Waals surface area contributed by atoms with Crippen molar-refractivity contribution >= 4 is 17.3 Å². The van der Waals surface area contributed by atoms with E-state index in [2.05, 4.69) is 5.32 Å². The number of nitrogens with two attached hydrogens (primary N) is 1. The third kappa shape index (κ3) is 4.73. The van der Waals surface area contributed by atoms with E-state index in [0.29, 0.717) is 5.56 Å². The van der Waals surface area contributed by atoms with Gasteiger partial charge in [-0.15, -0.1) is 0 Å². The number of hydrogen-bond acceptors (Lipinski definition) is 4. The van der Waals surface area contributed by atoms with Gasteiger partial charge in [-0.05, 0) is 31.2 Å². The molecule has 3 N–H and O–H groups in total. The summed E-state index contributed by atoms with van der Waals surface area (Å²) >= 11 is 0. The molecule has 0 unspecified atom stereocenters. The molecule has 0 aliphatic heterocycles. The van der Waals surface area contributed by atoms with Gasteiger partial charge in [0.25, 0.3) is 11.6 Å². The van der Waals surface area contributed by atoms with Crippen molar-refractivity contribution < 1.29 is 28.6 Å². The second kappa shape index (κ2) is 8.34. The Morgan fingerprint density at radius 2 is 2.00 bits per heavy atom. The molecular formula is C17H18F2N3O4+. The van der Waals surface area contributed by atoms with Crippen molar-refractivity contribution in [3.05, 3.63) is 63.7 Å². The molecule has 2 aromatic rings. The molecule has 0 saturated carbocycles. The average molecular weight is 366 g/mol. The molecule has 9 heteroatoms. The minimum absolute atomic E-state index is 0.0218. The maximum atomic E-state index is 13.3. The molecule has 1 atom stereocenters. The van der Waals surface area contributed by atoms with Gasteiger partial charge in [0, 0.05) is 17.7 Å². The predicted molar refractivity (Wildman–Crippen MR) is 89.8 cm³/mol. The normalized spacial score (nSPS) is 11.7. The Hall–Kier alpha value is -3.07. The molecule has 1 amide bonds. The molecule has 2 rings (SSSR count). The molecule has 0 spiro atoms. The number of anilines is 1. The lowest BCUT2D eigenvalue weighted by Crippen LogP contribution is -2.86. The van der Waals surface area contributed by atoms with Crippen LogP contribution in [-0.2, 0) is 4.79 Å². The Balaban J connectivity index is 2.01. The Bertz CT molecular complexity index is 830. The van der Waals surface area contributed by atoms with E-state index in [1.807, 2.05) is 0 Å². The highest BCUT2D eigenvalue weighted by Crippen LogP contribution is 2.28. The van der Waals surface area contributed by atoms with E-state index in [0.717, 1.165) is 12.1 Å². The molecule has 0 bridgehead atoms. The lowest BCUT2D eigenvalue weighted by atomic mass is 10.1. The van der Waals surface area contributed by atoms with Crippen molar-refractivity contribution in [2.75, 3.05) is 19.0 Å². The Labute approximate surface area is 148 Å². The number of amides is 1. The molecule has 0 aliphatic carbocycles. The Kier molecular flexibility index (Phi) is 6.18. The predicted octanol–water partition coefficient (Wildman–Crippen LogP) is 2.14. The van der Waals surface area contributed by atoms with Crippen molar-refractivity contribution in [2.24, 2.45) is 0 Å². The summed E-state index contributed by atoms with van der Waals surface area (Å²) in [6.07, 6.45) is 0. The first-order valence-electron chi connectivity index (χ1n) is 7.72. The number of methoxy groups -OCH3 is 1. The number of ether oxygens (including phenoxy) is 1. The van der Waals surface area contributed by atoms with Crippen LogP contribution in [-0.4, -0.2) is 24.5 Å². The maximum Gasteiger partial charge on any atom is 0.279 e. The number of non-ortho nitro benzene ring substituents is 1. The fourth-order valence-corrected chi connectivity index (χ4v) is 2.32. The molecule has 0 fully saturated rings. The number of nitro benzene ring substituents is 1. The van der Waals surface area contributed by atoms with Gasteiger partial charge in [0.05, 0.1) is 17.7 Å². The molecule has 138 valence electrons. The number of quaternary nitrogens is 1. The van der Waals surface area contributed by atoms with Gasteiger partial charge in [-0.1, -0.05) is 0 Å². The fraction of sp³-hybridized carbons (Fsp3) is 0.235. The summed E-state index contributed by atoms with van der Waals surface area (Å²) < 4.78 is 31.3. The van der Waals surface area contributed by atoms with Gasteiger partial charge in [0.1, 0.15) is 11.8 Å². The first-order chi connectivity index (χ1) is 12.3. The van der Waals surface area contributed by atoms with Crippen LogP contribution in [0, 0.1) is 21.7 Å². The highest BCUT2D eigenvalue weighted by atomic mass is 19.2. The monoisotopic (exact) mass is 366 g/mol. The first-order valence-corrected chi connectivity index (χ1v) is 7.72. The molecule has 26 heavy (non-hydrogen) atoms. The standard InChI is InChI=1S/C17H17F2N3O4/c1-10(11-3-5-13(18)14(19)7-11)20-9-17(23)21-15-8-12(22(24)25)4-6-16(15)26-2/h3-8,10,20H,9H2,1-2H3,(H,21,23)/p+1/t10-/m1/s1. The van der Waals surface area contributed by atoms with Gasteiger partial charge in [0.15, 0.2) is 18.2 Å². The van der Waals surface area contributed by atoms with Gasteiger partial charge in [-0.3, -0.25) is 14.9 Å². The number of nitro groups is 1. The number of halogens is 2. The summed E-state index contributed by atoms with van der Waals surface area (Å²) in [6.45, 7) is 1.72. The highest BCUT2D eigenvalue weighted by molar-refractivity contribution is 5.93. The van der Waals surface area contributed by atoms with Crippen LogP contribution < -0.4 is 15.4 Å². The summed E-state index contributed by atoms with van der Waals surface area (Å²) in [5.74, 6) is -2.01. The molecule has 0 aliphatic rings. The van der Waals surface area contributed by atoms with Crippen molar-refractivity contribution in [1.29, 1.82) is 0 Å². The largest absolute Gasteiger partial charge is 0.495 e. The number of nitrogens with zero attached hydrogens (tertiary/aromatic N) is 1. The minimum atomic E-state index is -0.950. The van der Waals surface area contributed by atoms with E-state index in [1.54, 1.807) is 12.2 Å². The van der Waals surface area contributed by atoms with Gasteiger partial charge < -0.3 is 15.4 Å². The summed E-state index contributed by atoms with van der Waals surface area (Å²) in [5.41, 5.74) is 0.533. The number of rotatable bonds is 7. The topological polar surface area (TPSA) is 98.1 Å². The third-order valence-electron chi connectivity index (χ3n) is 3.79. The van der Waals surface area contributed by atoms with Gasteiger partial charge in [-0.25, -0.2) is 8.78 Å². The minimum Gasteiger partial charge on any atom is -0.495 e. The van der Waals surface area contributed by atoms with Crippen molar-refractivity contribution in [3.63, 3.8) is 0 Å². The smallest absolute Gasteiger partial charge is 0.279 e. The second-order valence-electron chi connectivity index (χ2n) is 5.59. The van der Waals surface area contributed by atoms with Gasteiger partial charge in [0.2, 0.25) is 0 Å². The number of carbonyl (C=O) groups is 1. The zero-order valence-electron chi connectivity index (χ0n) is 14.2. The van der Waals surface area contributed by atoms with Crippen LogP contribution in [0.4, 0.5) is 20.2 Å². The van der Waals surface area contributed by atoms with Gasteiger partial charge >= 0.3 is 0 Å². The number of carbonyl (C=O) groups excluding carboxylic acids is 1. The van der Waals surface area contributed by atoms with Crippen LogP contribution in [0.15, 0.2) is 36.4 Å².